The van der Waals surface area contributed by atoms with Gasteiger partial charge in [-0.1, -0.05) is 273 Å². The number of hydrogen-bond acceptors (Lipinski definition) is 4. The second-order valence-electron chi connectivity index (χ2n) is 24.4. The normalized spacial score (nSPS) is 12.4. The summed E-state index contributed by atoms with van der Waals surface area (Å²) < 4.78 is 51.8. The number of hydrogen-bond donors (Lipinski definition) is 0. The third kappa shape index (κ3) is 8.86. The van der Waals surface area contributed by atoms with E-state index in [1.807, 2.05) is 146 Å². The molecule has 448 valence electrons. The number of anilines is 6. The Balaban J connectivity index is 0.964. The average Bonchev–Trinajstić information content (AvgIpc) is 1.54. The first-order chi connectivity index (χ1) is 47.0. The minimum absolute atomic E-state index is 0.363. The molecule has 15 aromatic carbocycles. The summed E-state index contributed by atoms with van der Waals surface area (Å²) in [5.41, 5.74) is 17.5. The monoisotopic (exact) mass is 1220 g/mol. The van der Waals surface area contributed by atoms with Crippen molar-refractivity contribution in [2.45, 2.75) is 5.41 Å². The number of para-hydroxylation sites is 4. The summed E-state index contributed by atoms with van der Waals surface area (Å²) in [4.78, 5) is 4.20. The highest BCUT2D eigenvalue weighted by atomic mass is 19.1. The number of halogens is 2. The molecule has 0 spiro atoms. The van der Waals surface area contributed by atoms with Crippen LogP contribution in [0.5, 0.6) is 0 Å². The standard InChI is InChI=1S/C89H56F2N2O2/c90-77-53-61(57-27-7-1-8-28-57)51-73(59-31-11-3-12-32-59)85(77)92(79-45-25-43-70-67-40-21-23-47-82(67)94-87(70)79)65-49-50-72-75(55-65)89(63-35-15-5-16-36-63,64-37-17-6-18-38-64)76-56-81(66-39-19-20-42-69(66)84(72)76)93(80-46-26-44-71-68-41-22-24-48-83(68)95-88(71)80)86-74(60-33-13-4-14-34-60)52-62(54-78(86)91)58-29-9-2-10-30-58/h1-56H. The van der Waals surface area contributed by atoms with Crippen molar-refractivity contribution in [3.05, 3.63) is 374 Å². The summed E-state index contributed by atoms with van der Waals surface area (Å²) in [5, 5.41) is 5.58. The van der Waals surface area contributed by atoms with Gasteiger partial charge in [0.05, 0.1) is 33.9 Å². The second kappa shape index (κ2) is 22.5. The zero-order valence-corrected chi connectivity index (χ0v) is 51.3. The van der Waals surface area contributed by atoms with Gasteiger partial charge in [0.1, 0.15) is 22.8 Å². The zero-order valence-electron chi connectivity index (χ0n) is 51.3. The highest BCUT2D eigenvalue weighted by Gasteiger charge is 2.48. The van der Waals surface area contributed by atoms with E-state index in [4.69, 9.17) is 8.83 Å². The maximum atomic E-state index is 19.0. The number of fused-ring (bicyclic) bond motifs is 11. The molecule has 0 saturated heterocycles. The van der Waals surface area contributed by atoms with Gasteiger partial charge in [0.2, 0.25) is 0 Å². The van der Waals surface area contributed by atoms with E-state index in [-0.39, 0.29) is 0 Å². The van der Waals surface area contributed by atoms with Crippen LogP contribution in [0.15, 0.2) is 349 Å². The van der Waals surface area contributed by atoms with Crippen molar-refractivity contribution in [1.82, 2.24) is 0 Å². The SMILES string of the molecule is Fc1cc(-c2ccccc2)cc(-c2ccccc2)c1N(c1ccc2c(c1)C(c1ccccc1)(c1ccccc1)c1cc(N(c3c(F)cc(-c4ccccc4)cc3-c3ccccc3)c3cccc4c3oc3ccccc34)c3ccccc3c1-2)c1cccc2c1oc1ccccc12. The Kier molecular flexibility index (Phi) is 13.1. The molecule has 2 aromatic heterocycles. The molecule has 0 amide bonds. The summed E-state index contributed by atoms with van der Waals surface area (Å²) in [5.74, 6) is -0.819. The van der Waals surface area contributed by atoms with Crippen molar-refractivity contribution >= 4 is 88.8 Å². The highest BCUT2D eigenvalue weighted by Crippen LogP contribution is 2.62. The first-order valence-electron chi connectivity index (χ1n) is 32.1. The van der Waals surface area contributed by atoms with Crippen LogP contribution < -0.4 is 9.80 Å². The highest BCUT2D eigenvalue weighted by molar-refractivity contribution is 6.16. The third-order valence-electron chi connectivity index (χ3n) is 19.2. The van der Waals surface area contributed by atoms with Crippen LogP contribution in [-0.4, -0.2) is 0 Å². The van der Waals surface area contributed by atoms with Crippen LogP contribution in [-0.2, 0) is 5.41 Å². The van der Waals surface area contributed by atoms with Crippen molar-refractivity contribution in [1.29, 1.82) is 0 Å². The minimum Gasteiger partial charge on any atom is -0.454 e. The molecule has 0 saturated carbocycles. The van der Waals surface area contributed by atoms with E-state index in [9.17, 15) is 0 Å². The van der Waals surface area contributed by atoms with Crippen LogP contribution >= 0.6 is 0 Å². The van der Waals surface area contributed by atoms with Gasteiger partial charge >= 0.3 is 0 Å². The Morgan fingerprint density at radius 3 is 1.16 bits per heavy atom. The Bertz CT molecular complexity index is 5770. The van der Waals surface area contributed by atoms with Crippen molar-refractivity contribution < 1.29 is 17.6 Å². The fourth-order valence-electron chi connectivity index (χ4n) is 15.1. The van der Waals surface area contributed by atoms with E-state index in [2.05, 4.69) is 192 Å². The summed E-state index contributed by atoms with van der Waals surface area (Å²) >= 11 is 0. The molecule has 0 N–H and O–H groups in total. The average molecular weight is 1220 g/mol. The first-order valence-corrected chi connectivity index (χ1v) is 32.1. The van der Waals surface area contributed by atoms with Gasteiger partial charge in [0, 0.05) is 43.7 Å². The van der Waals surface area contributed by atoms with Gasteiger partial charge in [-0.2, -0.15) is 0 Å². The molecule has 2 heterocycles. The first kappa shape index (κ1) is 55.5. The van der Waals surface area contributed by atoms with Gasteiger partial charge in [0.25, 0.3) is 0 Å². The summed E-state index contributed by atoms with van der Waals surface area (Å²) in [6.45, 7) is 0. The van der Waals surface area contributed by atoms with E-state index in [1.165, 1.54) is 0 Å². The lowest BCUT2D eigenvalue weighted by molar-refractivity contribution is 0.629. The summed E-state index contributed by atoms with van der Waals surface area (Å²) in [6.07, 6.45) is 0. The van der Waals surface area contributed by atoms with E-state index in [0.717, 1.165) is 116 Å². The van der Waals surface area contributed by atoms with E-state index < -0.39 is 17.0 Å². The summed E-state index contributed by atoms with van der Waals surface area (Å²) in [7, 11) is 0. The Morgan fingerprint density at radius 2 is 0.663 bits per heavy atom. The van der Waals surface area contributed by atoms with Crippen molar-refractivity contribution in [2.75, 3.05) is 9.80 Å². The van der Waals surface area contributed by atoms with Crippen LogP contribution in [0, 0.1) is 11.6 Å². The minimum atomic E-state index is -1.08. The maximum Gasteiger partial charge on any atom is 0.159 e. The molecule has 0 atom stereocenters. The van der Waals surface area contributed by atoms with Gasteiger partial charge in [-0.25, -0.2) is 8.78 Å². The number of furan rings is 2. The van der Waals surface area contributed by atoms with Crippen molar-refractivity contribution in [3.63, 3.8) is 0 Å². The summed E-state index contributed by atoms with van der Waals surface area (Å²) in [6, 6.07) is 115. The van der Waals surface area contributed by atoms with Gasteiger partial charge in [0.15, 0.2) is 11.2 Å². The zero-order chi connectivity index (χ0) is 63.1. The lowest BCUT2D eigenvalue weighted by Gasteiger charge is -2.36. The van der Waals surface area contributed by atoms with Crippen LogP contribution in [0.3, 0.4) is 0 Å². The quantitative estimate of drug-likeness (QED) is 0.122. The molecule has 95 heavy (non-hydrogen) atoms. The molecule has 1 aliphatic rings. The third-order valence-corrected chi connectivity index (χ3v) is 19.2. The number of nitrogens with zero attached hydrogens (tertiary/aromatic N) is 2. The maximum absolute atomic E-state index is 19.0. The molecule has 0 aliphatic heterocycles. The van der Waals surface area contributed by atoms with Gasteiger partial charge in [-0.3, -0.25) is 0 Å². The molecule has 17 aromatic rings. The van der Waals surface area contributed by atoms with E-state index in [1.54, 1.807) is 12.1 Å². The lowest BCUT2D eigenvalue weighted by Crippen LogP contribution is -2.29. The van der Waals surface area contributed by atoms with Crippen LogP contribution in [0.4, 0.5) is 42.9 Å². The number of benzene rings is 15. The predicted molar refractivity (Wildman–Crippen MR) is 387 cm³/mol. The fraction of sp³-hybridized carbons (Fsp3) is 0.0112. The Labute approximate surface area is 547 Å². The van der Waals surface area contributed by atoms with E-state index >= 15 is 8.78 Å². The molecule has 18 rings (SSSR count). The molecule has 0 fully saturated rings. The van der Waals surface area contributed by atoms with Crippen molar-refractivity contribution in [3.8, 4) is 55.6 Å². The molecular weight excluding hydrogens is 1170 g/mol. The van der Waals surface area contributed by atoms with E-state index in [0.29, 0.717) is 50.7 Å². The Hall–Kier alpha value is -12.4. The molecule has 6 heteroatoms. The van der Waals surface area contributed by atoms with Crippen LogP contribution in [0.2, 0.25) is 0 Å². The van der Waals surface area contributed by atoms with Gasteiger partial charge < -0.3 is 18.6 Å². The fourth-order valence-corrected chi connectivity index (χ4v) is 15.1. The van der Waals surface area contributed by atoms with Crippen molar-refractivity contribution in [2.24, 2.45) is 0 Å². The van der Waals surface area contributed by atoms with Crippen LogP contribution in [0.25, 0.3) is 110 Å². The molecule has 4 nitrogen and oxygen atoms in total. The van der Waals surface area contributed by atoms with Crippen LogP contribution in [0.1, 0.15) is 22.3 Å². The lowest BCUT2D eigenvalue weighted by atomic mass is 9.67. The Morgan fingerprint density at radius 1 is 0.263 bits per heavy atom. The largest absolute Gasteiger partial charge is 0.454 e. The topological polar surface area (TPSA) is 32.8 Å². The smallest absolute Gasteiger partial charge is 0.159 e. The molecule has 0 unspecified atom stereocenters. The molecular formula is C89H56F2N2O2. The predicted octanol–water partition coefficient (Wildman–Crippen LogP) is 24.9. The van der Waals surface area contributed by atoms with Gasteiger partial charge in [-0.05, 0) is 139 Å². The molecule has 0 radical (unpaired) electrons. The number of rotatable bonds is 12. The molecule has 1 aliphatic carbocycles. The second-order valence-corrected chi connectivity index (χ2v) is 24.4. The molecule has 0 bridgehead atoms. The van der Waals surface area contributed by atoms with Gasteiger partial charge in [-0.15, -0.1) is 0 Å².